The third-order valence-electron chi connectivity index (χ3n) is 9.08. The Labute approximate surface area is 315 Å². The van der Waals surface area contributed by atoms with Crippen molar-refractivity contribution in [3.8, 4) is 91.4 Å². The van der Waals surface area contributed by atoms with Crippen molar-refractivity contribution in [2.24, 2.45) is 0 Å². The van der Waals surface area contributed by atoms with Gasteiger partial charge >= 0.3 is 12.7 Å². The van der Waals surface area contributed by atoms with Crippen LogP contribution in [0.4, 0.5) is 26.3 Å². The molecule has 0 radical (unpaired) electrons. The molecule has 0 N–H and O–H groups in total. The van der Waals surface area contributed by atoms with Crippen molar-refractivity contribution < 1.29 is 35.8 Å². The normalized spacial score (nSPS) is 11.6. The maximum Gasteiger partial charge on any atom is 0.573 e. The predicted molar refractivity (Wildman–Crippen MR) is 194 cm³/mol. The van der Waals surface area contributed by atoms with Gasteiger partial charge in [0.25, 0.3) is 0 Å². The van der Waals surface area contributed by atoms with Crippen LogP contribution in [0.3, 0.4) is 0 Å². The molecule has 0 saturated carbocycles. The number of allylic oxidation sites excluding steroid dienone is 1. The number of ether oxygens (including phenoxy) is 2. The van der Waals surface area contributed by atoms with Crippen LogP contribution in [0.5, 0.6) is 11.5 Å². The Hall–Kier alpha value is -7.80. The number of fused-ring (bicyclic) bond motifs is 3. The van der Waals surface area contributed by atoms with Gasteiger partial charge in [0.05, 0.1) is 23.3 Å². The second-order valence-corrected chi connectivity index (χ2v) is 12.4. The Kier molecular flexibility index (Phi) is 9.28. The van der Waals surface area contributed by atoms with Crippen LogP contribution in [0, 0.1) is 45.3 Å². The van der Waals surface area contributed by atoms with E-state index in [0.29, 0.717) is 33.4 Å². The Bertz CT molecular complexity index is 2540. The van der Waals surface area contributed by atoms with E-state index < -0.39 is 29.8 Å². The van der Waals surface area contributed by atoms with E-state index in [1.54, 1.807) is 109 Å². The SMILES string of the molecule is N#CC(C#N)=C1c2cc(OC(F)(F)F)c(-c3ccc(-c4ccc(C#N)cc4)cc3)cc2-c2cc(-c3ccc(-c4ccc(C#N)cc4)cc3)c(OC(F)(F)F)cc21. The third kappa shape index (κ3) is 7.24. The van der Waals surface area contributed by atoms with E-state index in [9.17, 15) is 36.9 Å². The fourth-order valence-electron chi connectivity index (χ4n) is 6.60. The molecule has 0 bridgehead atoms. The van der Waals surface area contributed by atoms with E-state index in [2.05, 4.69) is 9.47 Å². The lowest BCUT2D eigenvalue weighted by Crippen LogP contribution is -2.17. The lowest BCUT2D eigenvalue weighted by atomic mass is 9.93. The van der Waals surface area contributed by atoms with Crippen LogP contribution in [0.1, 0.15) is 22.3 Å². The minimum Gasteiger partial charge on any atom is -0.405 e. The summed E-state index contributed by atoms with van der Waals surface area (Å²) in [6.45, 7) is 0. The first-order valence-corrected chi connectivity index (χ1v) is 16.4. The zero-order valence-corrected chi connectivity index (χ0v) is 28.4. The highest BCUT2D eigenvalue weighted by Crippen LogP contribution is 2.53. The van der Waals surface area contributed by atoms with Gasteiger partial charge in [-0.1, -0.05) is 72.8 Å². The first-order chi connectivity index (χ1) is 26.8. The zero-order valence-electron chi connectivity index (χ0n) is 28.4. The molecule has 0 fully saturated rings. The van der Waals surface area contributed by atoms with E-state index in [1.165, 1.54) is 12.1 Å². The van der Waals surface area contributed by atoms with Gasteiger partial charge in [0.2, 0.25) is 0 Å². The lowest BCUT2D eigenvalue weighted by molar-refractivity contribution is -0.275. The molecule has 0 unspecified atom stereocenters. The van der Waals surface area contributed by atoms with Crippen molar-refractivity contribution in [2.75, 3.05) is 0 Å². The van der Waals surface area contributed by atoms with Gasteiger partial charge in [-0.15, -0.1) is 26.3 Å². The maximum absolute atomic E-state index is 13.9. The van der Waals surface area contributed by atoms with E-state index in [1.807, 2.05) is 12.1 Å². The molecular formula is C44H20F6N4O2. The molecule has 0 aliphatic heterocycles. The average molecular weight is 751 g/mol. The molecule has 56 heavy (non-hydrogen) atoms. The maximum atomic E-state index is 13.9. The van der Waals surface area contributed by atoms with Crippen LogP contribution in [-0.2, 0) is 0 Å². The van der Waals surface area contributed by atoms with Crippen LogP contribution in [0.15, 0.2) is 127 Å². The van der Waals surface area contributed by atoms with Crippen LogP contribution >= 0.6 is 0 Å². The van der Waals surface area contributed by atoms with E-state index in [-0.39, 0.29) is 39.0 Å². The fraction of sp³-hybridized carbons (Fsp3) is 0.0455. The molecule has 270 valence electrons. The van der Waals surface area contributed by atoms with Crippen molar-refractivity contribution in [1.29, 1.82) is 21.0 Å². The monoisotopic (exact) mass is 750 g/mol. The summed E-state index contributed by atoms with van der Waals surface area (Å²) < 4.78 is 92.4. The fourth-order valence-corrected chi connectivity index (χ4v) is 6.60. The summed E-state index contributed by atoms with van der Waals surface area (Å²) in [4.78, 5) is 0. The number of nitrogens with zero attached hydrogens (tertiary/aromatic N) is 4. The molecule has 0 heterocycles. The van der Waals surface area contributed by atoms with Gasteiger partial charge in [-0.05, 0) is 104 Å². The molecule has 0 spiro atoms. The minimum absolute atomic E-state index is 0.0287. The molecule has 6 nitrogen and oxygen atoms in total. The van der Waals surface area contributed by atoms with Crippen LogP contribution in [-0.4, -0.2) is 12.7 Å². The average Bonchev–Trinajstić information content (AvgIpc) is 3.48. The summed E-state index contributed by atoms with van der Waals surface area (Å²) >= 11 is 0. The van der Waals surface area contributed by atoms with E-state index in [4.69, 9.17) is 10.5 Å². The van der Waals surface area contributed by atoms with Gasteiger partial charge in [0.15, 0.2) is 0 Å². The number of hydrogen-bond donors (Lipinski definition) is 0. The Morgan fingerprint density at radius 3 is 0.982 bits per heavy atom. The highest BCUT2D eigenvalue weighted by Gasteiger charge is 2.37. The van der Waals surface area contributed by atoms with Crippen molar-refractivity contribution in [1.82, 2.24) is 0 Å². The largest absolute Gasteiger partial charge is 0.573 e. The van der Waals surface area contributed by atoms with Crippen LogP contribution in [0.2, 0.25) is 0 Å². The third-order valence-corrected chi connectivity index (χ3v) is 9.08. The van der Waals surface area contributed by atoms with Gasteiger partial charge < -0.3 is 9.47 Å². The minimum atomic E-state index is -5.17. The number of halogens is 6. The van der Waals surface area contributed by atoms with Crippen LogP contribution in [0.25, 0.3) is 61.2 Å². The van der Waals surface area contributed by atoms with Gasteiger partial charge in [-0.2, -0.15) is 21.0 Å². The smallest absolute Gasteiger partial charge is 0.405 e. The predicted octanol–water partition coefficient (Wildman–Crippen LogP) is 11.7. The summed E-state index contributed by atoms with van der Waals surface area (Å²) in [6.07, 6.45) is -10.3. The molecule has 7 rings (SSSR count). The molecule has 1 aliphatic carbocycles. The Morgan fingerprint density at radius 1 is 0.393 bits per heavy atom. The molecule has 6 aromatic rings. The zero-order chi connectivity index (χ0) is 39.8. The molecule has 1 aliphatic rings. The number of alkyl halides is 6. The Morgan fingerprint density at radius 2 is 0.696 bits per heavy atom. The summed E-state index contributed by atoms with van der Waals surface area (Å²) in [5.41, 5.74) is 3.95. The summed E-state index contributed by atoms with van der Waals surface area (Å²) in [5.74, 6) is -1.35. The quantitative estimate of drug-likeness (QED) is 0.123. The summed E-state index contributed by atoms with van der Waals surface area (Å²) in [5, 5.41) is 38.1. The van der Waals surface area contributed by atoms with Crippen molar-refractivity contribution >= 4 is 5.57 Å². The second kappa shape index (κ2) is 14.2. The second-order valence-electron chi connectivity index (χ2n) is 12.4. The standard InChI is InChI=1S/C44H20F6N4O2/c45-43(46,47)55-40-19-38-36(17-34(40)31-13-9-29(10-14-31)27-5-1-25(21-51)2-6-27)37-18-35(32-15-11-30(12-16-32)28-7-3-26(22-52)4-8-28)41(56-44(48,49)50)20-39(37)42(38)33(23-53)24-54/h1-20H. The molecule has 0 amide bonds. The number of nitriles is 4. The summed E-state index contributed by atoms with van der Waals surface area (Å²) in [6, 6.07) is 38.7. The molecular weight excluding hydrogens is 730 g/mol. The van der Waals surface area contributed by atoms with E-state index in [0.717, 1.165) is 23.3 Å². The molecule has 0 atom stereocenters. The van der Waals surface area contributed by atoms with Gasteiger partial charge in [0.1, 0.15) is 29.2 Å². The lowest BCUT2D eigenvalue weighted by Gasteiger charge is -2.17. The molecule has 12 heteroatoms. The first kappa shape index (κ1) is 36.6. The first-order valence-electron chi connectivity index (χ1n) is 16.4. The van der Waals surface area contributed by atoms with Crippen LogP contribution < -0.4 is 9.47 Å². The van der Waals surface area contributed by atoms with Gasteiger partial charge in [-0.25, -0.2) is 0 Å². The summed E-state index contributed by atoms with van der Waals surface area (Å²) in [7, 11) is 0. The number of benzene rings is 6. The van der Waals surface area contributed by atoms with Crippen molar-refractivity contribution in [3.63, 3.8) is 0 Å². The molecule has 0 aromatic heterocycles. The van der Waals surface area contributed by atoms with Crippen molar-refractivity contribution in [2.45, 2.75) is 12.7 Å². The van der Waals surface area contributed by atoms with E-state index >= 15 is 0 Å². The number of hydrogen-bond acceptors (Lipinski definition) is 6. The molecule has 0 saturated heterocycles. The highest BCUT2D eigenvalue weighted by atomic mass is 19.4. The van der Waals surface area contributed by atoms with Gasteiger partial charge in [0, 0.05) is 16.7 Å². The number of rotatable bonds is 6. The molecule has 6 aromatic carbocycles. The van der Waals surface area contributed by atoms with Gasteiger partial charge in [-0.3, -0.25) is 0 Å². The Balaban J connectivity index is 1.42. The topological polar surface area (TPSA) is 114 Å². The van der Waals surface area contributed by atoms with Crippen molar-refractivity contribution in [3.05, 3.63) is 149 Å². The highest BCUT2D eigenvalue weighted by molar-refractivity contribution is 6.07.